The van der Waals surface area contributed by atoms with Gasteiger partial charge in [-0.25, -0.2) is 0 Å². The molecule has 1 atom stereocenters. The molecule has 0 bridgehead atoms. The zero-order chi connectivity index (χ0) is 8.43. The van der Waals surface area contributed by atoms with Gasteiger partial charge >= 0.3 is 0 Å². The fraction of sp³-hybridized carbons (Fsp3) is 0.333. The monoisotopic (exact) mass is 230 g/mol. The van der Waals surface area contributed by atoms with Gasteiger partial charge in [-0.3, -0.25) is 0 Å². The topological polar surface area (TPSA) is 0 Å². The molecule has 60 valence electrons. The number of hydrogen-bond donors (Lipinski definition) is 1. The predicted molar refractivity (Wildman–Crippen MR) is 55.8 cm³/mol. The van der Waals surface area contributed by atoms with E-state index in [4.69, 9.17) is 0 Å². The van der Waals surface area contributed by atoms with Crippen molar-refractivity contribution < 1.29 is 0 Å². The summed E-state index contributed by atoms with van der Waals surface area (Å²) in [5.74, 6) is 0. The zero-order valence-corrected chi connectivity index (χ0v) is 9.12. The van der Waals surface area contributed by atoms with Crippen LogP contribution in [0.5, 0.6) is 0 Å². The zero-order valence-electron chi connectivity index (χ0n) is 6.63. The minimum Gasteiger partial charge on any atom is -0.143 e. The summed E-state index contributed by atoms with van der Waals surface area (Å²) in [4.78, 5) is 1.45. The Morgan fingerprint density at radius 2 is 2.09 bits per heavy atom. The van der Waals surface area contributed by atoms with E-state index in [-0.39, 0.29) is 0 Å². The van der Waals surface area contributed by atoms with Crippen LogP contribution >= 0.6 is 28.6 Å². The van der Waals surface area contributed by atoms with Crippen LogP contribution in [0.1, 0.15) is 22.9 Å². The largest absolute Gasteiger partial charge is 0.143 e. The maximum Gasteiger partial charge on any atom is 0.0378 e. The third kappa shape index (κ3) is 2.24. The molecular weight excluding hydrogens is 220 g/mol. The molecule has 0 saturated carbocycles. The van der Waals surface area contributed by atoms with Crippen molar-refractivity contribution in [3.8, 4) is 0 Å². The molecule has 0 aliphatic carbocycles. The maximum atomic E-state index is 4.38. The number of hydrogen-bond acceptors (Lipinski definition) is 1. The Bertz CT molecular complexity index is 256. The summed E-state index contributed by atoms with van der Waals surface area (Å²) >= 11 is 7.89. The normalized spacial score (nSPS) is 13.1. The lowest BCUT2D eigenvalue weighted by Gasteiger charge is -2.07. The van der Waals surface area contributed by atoms with Gasteiger partial charge in [-0.2, -0.15) is 0 Å². The molecule has 0 aliphatic rings. The van der Waals surface area contributed by atoms with Crippen LogP contribution in [-0.4, -0.2) is 0 Å². The van der Waals surface area contributed by atoms with Crippen molar-refractivity contribution in [2.75, 3.05) is 0 Å². The summed E-state index contributed by atoms with van der Waals surface area (Å²) in [6.07, 6.45) is 0. The van der Waals surface area contributed by atoms with Gasteiger partial charge < -0.3 is 0 Å². The number of aryl methyl sites for hydroxylation is 1. The Morgan fingerprint density at radius 3 is 2.55 bits per heavy atom. The lowest BCUT2D eigenvalue weighted by molar-refractivity contribution is 1.06. The Morgan fingerprint density at radius 1 is 1.45 bits per heavy atom. The second kappa shape index (κ2) is 3.63. The summed E-state index contributed by atoms with van der Waals surface area (Å²) in [5.41, 5.74) is 2.51. The van der Waals surface area contributed by atoms with Gasteiger partial charge in [-0.15, -0.1) is 12.6 Å². The van der Waals surface area contributed by atoms with E-state index in [9.17, 15) is 0 Å². The van der Waals surface area contributed by atoms with Crippen LogP contribution in [0.4, 0.5) is 0 Å². The number of halogens is 1. The predicted octanol–water partition coefficient (Wildman–Crippen LogP) is 3.74. The molecule has 0 amide bonds. The molecule has 1 unspecified atom stereocenters. The highest BCUT2D eigenvalue weighted by Gasteiger charge is 2.03. The van der Waals surface area contributed by atoms with Crippen molar-refractivity contribution >= 4 is 28.6 Å². The van der Waals surface area contributed by atoms with Crippen molar-refractivity contribution in [2.45, 2.75) is 23.6 Å². The first-order valence-electron chi connectivity index (χ1n) is 3.55. The Balaban J connectivity index is 3.09. The third-order valence-corrected chi connectivity index (χ3v) is 2.50. The number of rotatable bonds is 1. The highest BCUT2D eigenvalue weighted by molar-refractivity contribution is 9.09. The highest BCUT2D eigenvalue weighted by atomic mass is 79.9. The fourth-order valence-corrected chi connectivity index (χ4v) is 2.04. The van der Waals surface area contributed by atoms with Gasteiger partial charge in [0, 0.05) is 9.72 Å². The molecule has 0 radical (unpaired) electrons. The van der Waals surface area contributed by atoms with E-state index in [1.54, 1.807) is 0 Å². The summed E-state index contributed by atoms with van der Waals surface area (Å²) in [6.45, 7) is 4.17. The fourth-order valence-electron chi connectivity index (χ4n) is 0.990. The first-order valence-corrected chi connectivity index (χ1v) is 4.91. The second-order valence-electron chi connectivity index (χ2n) is 2.68. The number of thiol groups is 1. The molecule has 0 nitrogen and oxygen atoms in total. The Kier molecular flexibility index (Phi) is 3.02. The molecule has 0 aliphatic heterocycles. The summed E-state index contributed by atoms with van der Waals surface area (Å²) in [7, 11) is 0. The van der Waals surface area contributed by atoms with Crippen LogP contribution in [0.25, 0.3) is 0 Å². The van der Waals surface area contributed by atoms with E-state index in [1.165, 1.54) is 11.1 Å². The molecule has 1 aromatic rings. The molecule has 0 N–H and O–H groups in total. The quantitative estimate of drug-likeness (QED) is 0.552. The first-order chi connectivity index (χ1) is 5.11. The minimum absolute atomic E-state index is 0.385. The molecular formula is C9H11BrS. The summed E-state index contributed by atoms with van der Waals surface area (Å²) in [5, 5.41) is 0. The van der Waals surface area contributed by atoms with Gasteiger partial charge in [0.15, 0.2) is 0 Å². The molecule has 0 saturated heterocycles. The first kappa shape index (κ1) is 9.14. The highest BCUT2D eigenvalue weighted by Crippen LogP contribution is 2.27. The smallest absolute Gasteiger partial charge is 0.0378 e. The lowest BCUT2D eigenvalue weighted by Crippen LogP contribution is -1.86. The van der Waals surface area contributed by atoms with Crippen LogP contribution < -0.4 is 0 Å². The molecule has 0 aromatic heterocycles. The van der Waals surface area contributed by atoms with E-state index in [2.05, 4.69) is 60.6 Å². The van der Waals surface area contributed by atoms with Gasteiger partial charge in [-0.05, 0) is 25.5 Å². The van der Waals surface area contributed by atoms with Crippen molar-refractivity contribution in [2.24, 2.45) is 0 Å². The van der Waals surface area contributed by atoms with Crippen molar-refractivity contribution in [3.63, 3.8) is 0 Å². The lowest BCUT2D eigenvalue weighted by atomic mass is 10.1. The van der Waals surface area contributed by atoms with Crippen LogP contribution in [0.2, 0.25) is 0 Å². The van der Waals surface area contributed by atoms with Gasteiger partial charge in [0.1, 0.15) is 0 Å². The number of benzene rings is 1. The molecule has 11 heavy (non-hydrogen) atoms. The molecule has 2 heteroatoms. The van der Waals surface area contributed by atoms with Gasteiger partial charge in [-0.1, -0.05) is 33.6 Å². The average molecular weight is 231 g/mol. The van der Waals surface area contributed by atoms with Gasteiger partial charge in [0.05, 0.1) is 0 Å². The summed E-state index contributed by atoms with van der Waals surface area (Å²) < 4.78 is 0. The molecule has 1 rings (SSSR count). The second-order valence-corrected chi connectivity index (χ2v) is 4.53. The maximum absolute atomic E-state index is 4.38. The average Bonchev–Trinajstić information content (AvgIpc) is 1.85. The summed E-state index contributed by atoms with van der Waals surface area (Å²) in [6, 6.07) is 6.29. The number of alkyl halides is 1. The van der Waals surface area contributed by atoms with E-state index in [0.717, 1.165) is 4.90 Å². The van der Waals surface area contributed by atoms with Gasteiger partial charge in [0.2, 0.25) is 0 Å². The van der Waals surface area contributed by atoms with Gasteiger partial charge in [0.25, 0.3) is 0 Å². The molecule has 0 heterocycles. The molecule has 1 aromatic carbocycles. The molecule has 0 spiro atoms. The van der Waals surface area contributed by atoms with Crippen molar-refractivity contribution in [1.29, 1.82) is 0 Å². The minimum atomic E-state index is 0.385. The standard InChI is InChI=1S/C9H11BrS/c1-6-3-4-8(7(2)10)9(11)5-6/h3-5,7,11H,1-2H3. The SMILES string of the molecule is Cc1ccc(C(C)Br)c(S)c1. The van der Waals surface area contributed by atoms with E-state index in [1.807, 2.05) is 0 Å². The van der Waals surface area contributed by atoms with E-state index >= 15 is 0 Å². The van der Waals surface area contributed by atoms with Crippen molar-refractivity contribution in [3.05, 3.63) is 29.3 Å². The van der Waals surface area contributed by atoms with Crippen LogP contribution in [0.15, 0.2) is 23.1 Å². The molecule has 0 fully saturated rings. The van der Waals surface area contributed by atoms with Crippen LogP contribution in [0.3, 0.4) is 0 Å². The van der Waals surface area contributed by atoms with E-state index in [0.29, 0.717) is 4.83 Å². The van der Waals surface area contributed by atoms with Crippen LogP contribution in [-0.2, 0) is 0 Å². The Labute approximate surface area is 81.5 Å². The van der Waals surface area contributed by atoms with E-state index < -0.39 is 0 Å². The van der Waals surface area contributed by atoms with Crippen molar-refractivity contribution in [1.82, 2.24) is 0 Å². The third-order valence-electron chi connectivity index (χ3n) is 1.61. The Hall–Kier alpha value is 0.0500. The van der Waals surface area contributed by atoms with Crippen LogP contribution in [0, 0.1) is 6.92 Å².